The highest BCUT2D eigenvalue weighted by atomic mass is 32.2. The Morgan fingerprint density at radius 1 is 1.30 bits per heavy atom. The van der Waals surface area contributed by atoms with Gasteiger partial charge in [0.25, 0.3) is 5.88 Å². The lowest BCUT2D eigenvalue weighted by atomic mass is 10.4. The first kappa shape index (κ1) is 5.73. The van der Waals surface area contributed by atoms with Gasteiger partial charge in [-0.1, -0.05) is 0 Å². The van der Waals surface area contributed by atoms with Crippen molar-refractivity contribution in [2.24, 2.45) is 0 Å². The fourth-order valence-corrected chi connectivity index (χ4v) is 1.14. The first-order valence-electron chi connectivity index (χ1n) is 2.78. The van der Waals surface area contributed by atoms with E-state index in [0.717, 1.165) is 5.69 Å². The van der Waals surface area contributed by atoms with E-state index >= 15 is 0 Å². The molecular weight excluding hydrogens is 148 g/mol. The molecule has 1 aliphatic heterocycles. The predicted octanol–water partition coefficient (Wildman–Crippen LogP) is 1.49. The third kappa shape index (κ3) is 0.863. The average Bonchev–Trinajstić information content (AvgIpc) is 2.05. The summed E-state index contributed by atoms with van der Waals surface area (Å²) in [5.74, 6) is 0.593. The first-order valence-corrected chi connectivity index (χ1v) is 3.58. The molecule has 50 valence electrons. The van der Waals surface area contributed by atoms with E-state index in [2.05, 4.69) is 9.97 Å². The Morgan fingerprint density at radius 3 is 3.10 bits per heavy atom. The number of fused-ring (bicyclic) bond motifs is 1. The smallest absolute Gasteiger partial charge is 0.254 e. The molecule has 0 fully saturated rings. The summed E-state index contributed by atoms with van der Waals surface area (Å²) in [5.41, 5.74) is 0.793. The molecule has 4 heteroatoms. The van der Waals surface area contributed by atoms with Crippen molar-refractivity contribution in [3.05, 3.63) is 23.5 Å². The second kappa shape index (κ2) is 2.30. The summed E-state index contributed by atoms with van der Waals surface area (Å²) in [6.45, 7) is 0. The van der Waals surface area contributed by atoms with Gasteiger partial charge in [0.2, 0.25) is 0 Å². The maximum atomic E-state index is 5.08. The minimum Gasteiger partial charge on any atom is -0.399 e. The van der Waals surface area contributed by atoms with Gasteiger partial charge in [0.15, 0.2) is 0 Å². The van der Waals surface area contributed by atoms with Crippen LogP contribution in [-0.2, 0) is 0 Å². The van der Waals surface area contributed by atoms with Crippen molar-refractivity contribution in [1.29, 1.82) is 0 Å². The Hall–Kier alpha value is -1.03. The van der Waals surface area contributed by atoms with Crippen molar-refractivity contribution in [1.82, 2.24) is 9.97 Å². The van der Waals surface area contributed by atoms with Crippen LogP contribution in [0.1, 0.15) is 5.69 Å². The SMILES string of the molecule is C1=Cc2nccnc2OS1. The molecule has 0 atom stereocenters. The minimum atomic E-state index is 0.593. The van der Waals surface area contributed by atoms with Crippen molar-refractivity contribution in [2.45, 2.75) is 0 Å². The standard InChI is InChI=1S/C6H4N2OS/c1-4-10-9-6-5(1)7-2-3-8-6/h1-4H. The highest BCUT2D eigenvalue weighted by molar-refractivity contribution is 7.98. The molecule has 0 amide bonds. The molecule has 1 aliphatic rings. The van der Waals surface area contributed by atoms with E-state index in [1.165, 1.54) is 12.0 Å². The number of rotatable bonds is 0. The monoisotopic (exact) mass is 152 g/mol. The zero-order chi connectivity index (χ0) is 6.81. The lowest BCUT2D eigenvalue weighted by Crippen LogP contribution is -1.93. The molecular formula is C6H4N2OS. The molecule has 0 aliphatic carbocycles. The van der Waals surface area contributed by atoms with Crippen LogP contribution in [0.4, 0.5) is 0 Å². The third-order valence-electron chi connectivity index (χ3n) is 1.10. The average molecular weight is 152 g/mol. The number of hydrogen-bond acceptors (Lipinski definition) is 4. The van der Waals surface area contributed by atoms with Gasteiger partial charge in [-0.25, -0.2) is 9.97 Å². The third-order valence-corrected chi connectivity index (χ3v) is 1.60. The Morgan fingerprint density at radius 2 is 2.20 bits per heavy atom. The summed E-state index contributed by atoms with van der Waals surface area (Å²) in [4.78, 5) is 7.99. The van der Waals surface area contributed by atoms with E-state index in [1.54, 1.807) is 12.4 Å². The predicted molar refractivity (Wildman–Crippen MR) is 39.3 cm³/mol. The summed E-state index contributed by atoms with van der Waals surface area (Å²) >= 11 is 1.25. The molecule has 2 heterocycles. The van der Waals surface area contributed by atoms with Crippen LogP contribution in [0.3, 0.4) is 0 Å². The number of hydrogen-bond donors (Lipinski definition) is 0. The molecule has 2 rings (SSSR count). The van der Waals surface area contributed by atoms with Crippen LogP contribution in [0.5, 0.6) is 5.88 Å². The van der Waals surface area contributed by atoms with Crippen molar-refractivity contribution in [2.75, 3.05) is 0 Å². The zero-order valence-corrected chi connectivity index (χ0v) is 5.84. The van der Waals surface area contributed by atoms with E-state index in [0.29, 0.717) is 5.88 Å². The highest BCUT2D eigenvalue weighted by Gasteiger charge is 2.06. The van der Waals surface area contributed by atoms with E-state index in [9.17, 15) is 0 Å². The molecule has 10 heavy (non-hydrogen) atoms. The molecule has 3 nitrogen and oxygen atoms in total. The quantitative estimate of drug-likeness (QED) is 0.527. The fraction of sp³-hybridized carbons (Fsp3) is 0. The van der Waals surface area contributed by atoms with Crippen molar-refractivity contribution in [3.8, 4) is 5.88 Å². The van der Waals surface area contributed by atoms with Gasteiger partial charge in [-0.15, -0.1) is 0 Å². The normalized spacial score (nSPS) is 14.0. The molecule has 0 aromatic carbocycles. The van der Waals surface area contributed by atoms with Crippen molar-refractivity contribution in [3.63, 3.8) is 0 Å². The Labute approximate surface area is 62.4 Å². The molecule has 0 spiro atoms. The van der Waals surface area contributed by atoms with Crippen LogP contribution in [0.2, 0.25) is 0 Å². The van der Waals surface area contributed by atoms with Gasteiger partial charge < -0.3 is 4.18 Å². The Kier molecular flexibility index (Phi) is 1.32. The van der Waals surface area contributed by atoms with E-state index in [-0.39, 0.29) is 0 Å². The van der Waals surface area contributed by atoms with Gasteiger partial charge in [0.1, 0.15) is 5.69 Å². The summed E-state index contributed by atoms with van der Waals surface area (Å²) in [7, 11) is 0. The number of aromatic nitrogens is 2. The summed E-state index contributed by atoms with van der Waals surface area (Å²) in [5, 5.41) is 1.83. The van der Waals surface area contributed by atoms with Crippen molar-refractivity contribution >= 4 is 18.1 Å². The molecule has 0 bridgehead atoms. The second-order valence-electron chi connectivity index (χ2n) is 1.73. The summed E-state index contributed by atoms with van der Waals surface area (Å²) < 4.78 is 5.08. The van der Waals surface area contributed by atoms with Gasteiger partial charge in [-0.05, 0) is 6.08 Å². The Balaban J connectivity index is 2.54. The second-order valence-corrected chi connectivity index (χ2v) is 2.36. The summed E-state index contributed by atoms with van der Waals surface area (Å²) in [6, 6.07) is 0. The molecule has 1 aromatic heterocycles. The molecule has 1 aromatic rings. The lowest BCUT2D eigenvalue weighted by molar-refractivity contribution is 0.611. The maximum Gasteiger partial charge on any atom is 0.254 e. The van der Waals surface area contributed by atoms with Crippen LogP contribution in [0.15, 0.2) is 17.8 Å². The molecule has 0 N–H and O–H groups in total. The molecule has 0 unspecified atom stereocenters. The first-order chi connectivity index (χ1) is 4.97. The topological polar surface area (TPSA) is 35.0 Å². The van der Waals surface area contributed by atoms with Crippen LogP contribution < -0.4 is 4.18 Å². The van der Waals surface area contributed by atoms with Crippen LogP contribution in [0, 0.1) is 0 Å². The van der Waals surface area contributed by atoms with Crippen LogP contribution in [-0.4, -0.2) is 9.97 Å². The van der Waals surface area contributed by atoms with Gasteiger partial charge >= 0.3 is 0 Å². The number of nitrogens with zero attached hydrogens (tertiary/aromatic N) is 2. The van der Waals surface area contributed by atoms with Crippen LogP contribution in [0.25, 0.3) is 6.08 Å². The van der Waals surface area contributed by atoms with Gasteiger partial charge in [0, 0.05) is 17.8 Å². The van der Waals surface area contributed by atoms with Gasteiger partial charge in [-0.3, -0.25) is 0 Å². The molecule has 0 saturated heterocycles. The van der Waals surface area contributed by atoms with E-state index in [1.807, 2.05) is 11.5 Å². The van der Waals surface area contributed by atoms with Crippen LogP contribution >= 0.6 is 12.0 Å². The van der Waals surface area contributed by atoms with Gasteiger partial charge in [-0.2, -0.15) is 0 Å². The van der Waals surface area contributed by atoms with E-state index < -0.39 is 0 Å². The minimum absolute atomic E-state index is 0.593. The molecule has 0 radical (unpaired) electrons. The summed E-state index contributed by atoms with van der Waals surface area (Å²) in [6.07, 6.45) is 5.12. The lowest BCUT2D eigenvalue weighted by Gasteiger charge is -2.05. The maximum absolute atomic E-state index is 5.08. The van der Waals surface area contributed by atoms with E-state index in [4.69, 9.17) is 4.18 Å². The van der Waals surface area contributed by atoms with Crippen molar-refractivity contribution < 1.29 is 4.18 Å². The Bertz CT molecular complexity index is 274. The molecule has 0 saturated carbocycles. The fourth-order valence-electron chi connectivity index (χ4n) is 0.680. The highest BCUT2D eigenvalue weighted by Crippen LogP contribution is 2.24. The zero-order valence-electron chi connectivity index (χ0n) is 5.02. The van der Waals surface area contributed by atoms with Gasteiger partial charge in [0.05, 0.1) is 12.0 Å². The largest absolute Gasteiger partial charge is 0.399 e.